The number of carbonyl (C=O) groups excluding carboxylic acids is 1. The number of likely N-dealkylation sites (tertiary alicyclic amines) is 1. The average molecular weight is 325 g/mol. The smallest absolute Gasteiger partial charge is 0.410 e. The Hall–Kier alpha value is -1.03. The van der Waals surface area contributed by atoms with Crippen molar-refractivity contribution in [3.8, 4) is 0 Å². The first-order valence-corrected chi connectivity index (χ1v) is 9.03. The Balaban J connectivity index is 0.00000127. The molecule has 0 aromatic rings. The fourth-order valence-electron chi connectivity index (χ4n) is 3.11. The van der Waals surface area contributed by atoms with Crippen LogP contribution in [0.5, 0.6) is 0 Å². The van der Waals surface area contributed by atoms with Crippen molar-refractivity contribution in [3.05, 3.63) is 13.2 Å². The third-order valence-electron chi connectivity index (χ3n) is 4.39. The zero-order valence-corrected chi connectivity index (χ0v) is 15.3. The molecular formula is C19H35NO3. The summed E-state index contributed by atoms with van der Waals surface area (Å²) in [5, 5.41) is 0. The van der Waals surface area contributed by atoms with Crippen LogP contribution in [-0.4, -0.2) is 42.4 Å². The molecule has 0 bridgehead atoms. The summed E-state index contributed by atoms with van der Waals surface area (Å²) in [5.41, 5.74) is -0.405. The van der Waals surface area contributed by atoms with Gasteiger partial charge in [0.25, 0.3) is 0 Å². The van der Waals surface area contributed by atoms with Crippen LogP contribution in [0, 0.1) is 5.92 Å². The number of piperidine rings is 1. The van der Waals surface area contributed by atoms with Crippen molar-refractivity contribution in [2.45, 2.75) is 77.4 Å². The molecule has 0 spiro atoms. The van der Waals surface area contributed by atoms with Crippen LogP contribution in [-0.2, 0) is 9.47 Å². The summed E-state index contributed by atoms with van der Waals surface area (Å²) in [4.78, 5) is 13.8. The Bertz CT molecular complexity index is 337. The zero-order valence-electron chi connectivity index (χ0n) is 15.3. The van der Waals surface area contributed by atoms with Crippen LogP contribution in [0.2, 0.25) is 0 Å². The van der Waals surface area contributed by atoms with E-state index >= 15 is 0 Å². The van der Waals surface area contributed by atoms with Crippen molar-refractivity contribution in [1.29, 1.82) is 0 Å². The number of ether oxygens (including phenoxy) is 2. The second kappa shape index (κ2) is 9.96. The van der Waals surface area contributed by atoms with Crippen molar-refractivity contribution in [1.82, 2.24) is 4.90 Å². The van der Waals surface area contributed by atoms with Gasteiger partial charge in [-0.15, -0.1) is 13.2 Å². The SMILES string of the molecule is C=C.CC(C)(C)OC(=O)N1CCC(COC2CCCCC2)CC1. The van der Waals surface area contributed by atoms with Gasteiger partial charge < -0.3 is 14.4 Å². The first kappa shape index (κ1) is 20.0. The molecule has 0 N–H and O–H groups in total. The molecule has 0 atom stereocenters. The first-order valence-electron chi connectivity index (χ1n) is 9.03. The molecule has 0 radical (unpaired) electrons. The van der Waals surface area contributed by atoms with Crippen LogP contribution in [0.25, 0.3) is 0 Å². The molecule has 0 aromatic heterocycles. The molecule has 0 aromatic carbocycles. The Morgan fingerprint density at radius 2 is 1.61 bits per heavy atom. The van der Waals surface area contributed by atoms with Crippen molar-refractivity contribution < 1.29 is 14.3 Å². The highest BCUT2D eigenvalue weighted by Gasteiger charge is 2.27. The molecule has 1 saturated carbocycles. The van der Waals surface area contributed by atoms with Crippen LogP contribution in [0.1, 0.15) is 65.7 Å². The summed E-state index contributed by atoms with van der Waals surface area (Å²) in [6.07, 6.45) is 8.86. The molecule has 2 aliphatic rings. The number of nitrogens with zero attached hydrogens (tertiary/aromatic N) is 1. The summed E-state index contributed by atoms with van der Waals surface area (Å²) in [7, 11) is 0. The van der Waals surface area contributed by atoms with Gasteiger partial charge in [0.15, 0.2) is 0 Å². The van der Waals surface area contributed by atoms with E-state index in [4.69, 9.17) is 9.47 Å². The van der Waals surface area contributed by atoms with Gasteiger partial charge in [0.1, 0.15) is 5.60 Å². The van der Waals surface area contributed by atoms with Crippen molar-refractivity contribution in [2.24, 2.45) is 5.92 Å². The van der Waals surface area contributed by atoms with E-state index in [1.165, 1.54) is 32.1 Å². The Labute approximate surface area is 142 Å². The van der Waals surface area contributed by atoms with Gasteiger partial charge in [-0.2, -0.15) is 0 Å². The monoisotopic (exact) mass is 325 g/mol. The largest absolute Gasteiger partial charge is 0.444 e. The van der Waals surface area contributed by atoms with Gasteiger partial charge in [0, 0.05) is 19.7 Å². The Morgan fingerprint density at radius 1 is 1.04 bits per heavy atom. The number of carbonyl (C=O) groups is 1. The minimum atomic E-state index is -0.405. The normalized spacial score (nSPS) is 20.6. The maximum atomic E-state index is 12.0. The molecule has 134 valence electrons. The fourth-order valence-corrected chi connectivity index (χ4v) is 3.11. The Kier molecular flexibility index (Phi) is 8.67. The van der Waals surface area contributed by atoms with E-state index in [9.17, 15) is 4.79 Å². The molecule has 1 saturated heterocycles. The molecule has 1 aliphatic heterocycles. The molecule has 23 heavy (non-hydrogen) atoms. The highest BCUT2D eigenvalue weighted by Crippen LogP contribution is 2.24. The molecule has 1 aliphatic carbocycles. The summed E-state index contributed by atoms with van der Waals surface area (Å²) in [6, 6.07) is 0. The van der Waals surface area contributed by atoms with E-state index in [2.05, 4.69) is 13.2 Å². The lowest BCUT2D eigenvalue weighted by Crippen LogP contribution is -2.42. The molecule has 2 fully saturated rings. The molecule has 4 nitrogen and oxygen atoms in total. The lowest BCUT2D eigenvalue weighted by atomic mass is 9.96. The van der Waals surface area contributed by atoms with E-state index < -0.39 is 5.60 Å². The van der Waals surface area contributed by atoms with E-state index in [1.54, 1.807) is 0 Å². The standard InChI is InChI=1S/C17H31NO3.C2H4/c1-17(2,3)21-16(19)18-11-9-14(10-12-18)13-20-15-7-5-4-6-8-15;1-2/h14-15H,4-13H2,1-3H3;1-2H2. The minimum absolute atomic E-state index is 0.172. The summed E-state index contributed by atoms with van der Waals surface area (Å²) in [6.45, 7) is 14.2. The molecule has 1 amide bonds. The summed E-state index contributed by atoms with van der Waals surface area (Å²) >= 11 is 0. The van der Waals surface area contributed by atoms with Crippen LogP contribution in [0.4, 0.5) is 4.79 Å². The predicted molar refractivity (Wildman–Crippen MR) is 94.6 cm³/mol. The van der Waals surface area contributed by atoms with Crippen molar-refractivity contribution in [2.75, 3.05) is 19.7 Å². The second-order valence-electron chi connectivity index (χ2n) is 7.50. The second-order valence-corrected chi connectivity index (χ2v) is 7.50. The van der Waals surface area contributed by atoms with Gasteiger partial charge in [0.2, 0.25) is 0 Å². The Morgan fingerprint density at radius 3 is 2.13 bits per heavy atom. The molecule has 1 heterocycles. The number of amides is 1. The maximum absolute atomic E-state index is 12.0. The van der Waals surface area contributed by atoms with Crippen LogP contribution >= 0.6 is 0 Å². The van der Waals surface area contributed by atoms with E-state index in [1.807, 2.05) is 25.7 Å². The van der Waals surface area contributed by atoms with E-state index in [0.717, 1.165) is 32.5 Å². The topological polar surface area (TPSA) is 38.8 Å². The number of hydrogen-bond acceptors (Lipinski definition) is 3. The van der Waals surface area contributed by atoms with Gasteiger partial charge in [-0.05, 0) is 52.4 Å². The number of rotatable bonds is 3. The van der Waals surface area contributed by atoms with E-state index in [-0.39, 0.29) is 6.09 Å². The molecular weight excluding hydrogens is 290 g/mol. The van der Waals surface area contributed by atoms with Crippen LogP contribution in [0.15, 0.2) is 13.2 Å². The quantitative estimate of drug-likeness (QED) is 0.701. The van der Waals surface area contributed by atoms with Gasteiger partial charge in [-0.3, -0.25) is 0 Å². The number of hydrogen-bond donors (Lipinski definition) is 0. The summed E-state index contributed by atoms with van der Waals surface area (Å²) < 4.78 is 11.5. The third kappa shape index (κ3) is 7.87. The predicted octanol–water partition coefficient (Wildman–Crippen LogP) is 4.79. The van der Waals surface area contributed by atoms with E-state index in [0.29, 0.717) is 12.0 Å². The lowest BCUT2D eigenvalue weighted by Gasteiger charge is -2.34. The fraction of sp³-hybridized carbons (Fsp3) is 0.842. The molecule has 0 unspecified atom stereocenters. The minimum Gasteiger partial charge on any atom is -0.444 e. The summed E-state index contributed by atoms with van der Waals surface area (Å²) in [5.74, 6) is 0.602. The highest BCUT2D eigenvalue weighted by atomic mass is 16.6. The molecule has 4 heteroatoms. The maximum Gasteiger partial charge on any atom is 0.410 e. The average Bonchev–Trinajstić information content (AvgIpc) is 2.55. The third-order valence-corrected chi connectivity index (χ3v) is 4.39. The van der Waals surface area contributed by atoms with Crippen LogP contribution < -0.4 is 0 Å². The van der Waals surface area contributed by atoms with Crippen molar-refractivity contribution in [3.63, 3.8) is 0 Å². The van der Waals surface area contributed by atoms with Crippen LogP contribution in [0.3, 0.4) is 0 Å². The molecule has 2 rings (SSSR count). The lowest BCUT2D eigenvalue weighted by molar-refractivity contribution is -0.0125. The van der Waals surface area contributed by atoms with Gasteiger partial charge in [-0.25, -0.2) is 4.79 Å². The zero-order chi connectivity index (χ0) is 17.3. The first-order chi connectivity index (χ1) is 10.9. The van der Waals surface area contributed by atoms with Gasteiger partial charge in [-0.1, -0.05) is 19.3 Å². The van der Waals surface area contributed by atoms with Gasteiger partial charge in [0.05, 0.1) is 6.10 Å². The van der Waals surface area contributed by atoms with Gasteiger partial charge >= 0.3 is 6.09 Å². The van der Waals surface area contributed by atoms with Crippen molar-refractivity contribution >= 4 is 6.09 Å². The highest BCUT2D eigenvalue weighted by molar-refractivity contribution is 5.68.